The smallest absolute Gasteiger partial charge is 0.429 e. The number of aliphatic hydroxyl groups is 1. The van der Waals surface area contributed by atoms with Crippen LogP contribution in [0.3, 0.4) is 0 Å². The van der Waals surface area contributed by atoms with Crippen LogP contribution in [0.25, 0.3) is 0 Å². The second-order valence-corrected chi connectivity index (χ2v) is 3.50. The lowest BCUT2D eigenvalue weighted by Crippen LogP contribution is -2.59. The van der Waals surface area contributed by atoms with Crippen molar-refractivity contribution in [1.82, 2.24) is 5.32 Å². The average Bonchev–Trinajstić information content (AvgIpc) is 2.94. The number of hydrogen-bond acceptors (Lipinski definition) is 4. The van der Waals surface area contributed by atoms with Crippen LogP contribution in [0.4, 0.5) is 13.2 Å². The van der Waals surface area contributed by atoms with Crippen LogP contribution in [0, 0.1) is 0 Å². The van der Waals surface area contributed by atoms with Crippen molar-refractivity contribution in [3.05, 3.63) is 0 Å². The first-order valence-corrected chi connectivity index (χ1v) is 4.42. The van der Waals surface area contributed by atoms with Crippen molar-refractivity contribution in [1.29, 1.82) is 0 Å². The Kier molecular flexibility index (Phi) is 3.25. The molecule has 0 aromatic rings. The molecule has 1 saturated carbocycles. The standard InChI is InChI=1S/C8H12F3NO3/c1-15-6(13)7(14,8(9,10)11)4-12-5-2-3-5/h5,12,14H,2-4H2,1H3. The number of esters is 1. The molecule has 4 nitrogen and oxygen atoms in total. The number of alkyl halides is 3. The van der Waals surface area contributed by atoms with E-state index in [1.165, 1.54) is 0 Å². The number of carbonyl (C=O) groups is 1. The quantitative estimate of drug-likeness (QED) is 0.674. The van der Waals surface area contributed by atoms with Gasteiger partial charge in [-0.1, -0.05) is 0 Å². The summed E-state index contributed by atoms with van der Waals surface area (Å²) in [6.07, 6.45) is -3.52. The van der Waals surface area contributed by atoms with Crippen LogP contribution in [0.5, 0.6) is 0 Å². The van der Waals surface area contributed by atoms with Crippen molar-refractivity contribution >= 4 is 5.97 Å². The molecule has 1 unspecified atom stereocenters. The molecule has 7 heteroatoms. The van der Waals surface area contributed by atoms with Crippen molar-refractivity contribution in [2.45, 2.75) is 30.7 Å². The molecular weight excluding hydrogens is 215 g/mol. The fourth-order valence-electron chi connectivity index (χ4n) is 1.04. The maximum Gasteiger partial charge on any atom is 0.429 e. The van der Waals surface area contributed by atoms with E-state index in [2.05, 4.69) is 10.1 Å². The SMILES string of the molecule is COC(=O)C(O)(CNC1CC1)C(F)(F)F. The lowest BCUT2D eigenvalue weighted by atomic mass is 10.0. The third-order valence-corrected chi connectivity index (χ3v) is 2.22. The Morgan fingerprint density at radius 3 is 2.40 bits per heavy atom. The Labute approximate surface area is 84.4 Å². The maximum absolute atomic E-state index is 12.4. The van der Waals surface area contributed by atoms with E-state index >= 15 is 0 Å². The van der Waals surface area contributed by atoms with Gasteiger partial charge in [0, 0.05) is 12.6 Å². The normalized spacial score (nSPS) is 20.9. The van der Waals surface area contributed by atoms with Gasteiger partial charge in [-0.25, -0.2) is 4.79 Å². The largest absolute Gasteiger partial charge is 0.467 e. The summed E-state index contributed by atoms with van der Waals surface area (Å²) >= 11 is 0. The Hall–Kier alpha value is -0.820. The van der Waals surface area contributed by atoms with Crippen LogP contribution in [0.2, 0.25) is 0 Å². The zero-order chi connectivity index (χ0) is 11.7. The summed E-state index contributed by atoms with van der Waals surface area (Å²) in [6, 6.07) is -0.0384. The number of hydrogen-bond donors (Lipinski definition) is 2. The van der Waals surface area contributed by atoms with Crippen LogP contribution in [0.15, 0.2) is 0 Å². The van der Waals surface area contributed by atoms with Crippen LogP contribution >= 0.6 is 0 Å². The van der Waals surface area contributed by atoms with E-state index < -0.39 is 24.3 Å². The van der Waals surface area contributed by atoms with E-state index in [0.29, 0.717) is 0 Å². The zero-order valence-electron chi connectivity index (χ0n) is 8.10. The molecule has 15 heavy (non-hydrogen) atoms. The van der Waals surface area contributed by atoms with Crippen molar-refractivity contribution < 1.29 is 27.8 Å². The highest BCUT2D eigenvalue weighted by Crippen LogP contribution is 2.32. The van der Waals surface area contributed by atoms with Crippen molar-refractivity contribution in [2.24, 2.45) is 0 Å². The lowest BCUT2D eigenvalue weighted by molar-refractivity contribution is -0.259. The van der Waals surface area contributed by atoms with Crippen LogP contribution in [-0.4, -0.2) is 42.5 Å². The van der Waals surface area contributed by atoms with Gasteiger partial charge >= 0.3 is 12.1 Å². The van der Waals surface area contributed by atoms with E-state index in [0.717, 1.165) is 20.0 Å². The van der Waals surface area contributed by atoms with Crippen LogP contribution < -0.4 is 5.32 Å². The summed E-state index contributed by atoms with van der Waals surface area (Å²) in [4.78, 5) is 10.9. The predicted octanol–water partition coefficient (Wildman–Crippen LogP) is 0.205. The number of nitrogens with one attached hydrogen (secondary N) is 1. The fraction of sp³-hybridized carbons (Fsp3) is 0.875. The molecule has 88 valence electrons. The summed E-state index contributed by atoms with van der Waals surface area (Å²) in [5.74, 6) is -1.69. The molecule has 1 aliphatic carbocycles. The molecule has 0 bridgehead atoms. The Morgan fingerprint density at radius 2 is 2.07 bits per heavy atom. The first-order chi connectivity index (χ1) is 6.81. The topological polar surface area (TPSA) is 58.6 Å². The van der Waals surface area contributed by atoms with Gasteiger partial charge in [0.05, 0.1) is 7.11 Å². The van der Waals surface area contributed by atoms with Gasteiger partial charge in [0.2, 0.25) is 0 Å². The molecule has 0 saturated heterocycles. The summed E-state index contributed by atoms with van der Waals surface area (Å²) in [7, 11) is 0.802. The minimum atomic E-state index is -5.04. The first-order valence-electron chi connectivity index (χ1n) is 4.42. The molecule has 1 aliphatic rings. The van der Waals surface area contributed by atoms with E-state index in [4.69, 9.17) is 0 Å². The van der Waals surface area contributed by atoms with Gasteiger partial charge in [0.25, 0.3) is 5.60 Å². The number of methoxy groups -OCH3 is 1. The van der Waals surface area contributed by atoms with E-state index in [1.807, 2.05) is 0 Å². The van der Waals surface area contributed by atoms with Gasteiger partial charge in [-0.3, -0.25) is 0 Å². The predicted molar refractivity (Wildman–Crippen MR) is 44.0 cm³/mol. The molecule has 0 aromatic heterocycles. The molecule has 0 heterocycles. The van der Waals surface area contributed by atoms with Crippen LogP contribution in [-0.2, 0) is 9.53 Å². The number of rotatable bonds is 4. The van der Waals surface area contributed by atoms with Gasteiger partial charge in [0.1, 0.15) is 0 Å². The Balaban J connectivity index is 2.69. The molecule has 0 radical (unpaired) electrons. The number of halogens is 3. The summed E-state index contributed by atoms with van der Waals surface area (Å²) in [6.45, 7) is -0.867. The van der Waals surface area contributed by atoms with Crippen molar-refractivity contribution in [3.63, 3.8) is 0 Å². The molecule has 1 fully saturated rings. The van der Waals surface area contributed by atoms with E-state index in [-0.39, 0.29) is 6.04 Å². The van der Waals surface area contributed by atoms with E-state index in [9.17, 15) is 23.1 Å². The fourth-order valence-corrected chi connectivity index (χ4v) is 1.04. The second kappa shape index (κ2) is 3.97. The van der Waals surface area contributed by atoms with Crippen LogP contribution in [0.1, 0.15) is 12.8 Å². The van der Waals surface area contributed by atoms with Gasteiger partial charge in [-0.2, -0.15) is 13.2 Å². The Morgan fingerprint density at radius 1 is 1.53 bits per heavy atom. The highest BCUT2D eigenvalue weighted by molar-refractivity contribution is 5.80. The van der Waals surface area contributed by atoms with Crippen molar-refractivity contribution in [3.8, 4) is 0 Å². The third-order valence-electron chi connectivity index (χ3n) is 2.22. The van der Waals surface area contributed by atoms with Gasteiger partial charge in [-0.05, 0) is 12.8 Å². The third kappa shape index (κ3) is 2.60. The minimum Gasteiger partial charge on any atom is -0.467 e. The highest BCUT2D eigenvalue weighted by atomic mass is 19.4. The second-order valence-electron chi connectivity index (χ2n) is 3.50. The molecule has 2 N–H and O–H groups in total. The number of carbonyl (C=O) groups excluding carboxylic acids is 1. The minimum absolute atomic E-state index is 0.0384. The van der Waals surface area contributed by atoms with E-state index in [1.54, 1.807) is 0 Å². The summed E-state index contributed by atoms with van der Waals surface area (Å²) in [5, 5.41) is 11.7. The van der Waals surface area contributed by atoms with Gasteiger partial charge in [-0.15, -0.1) is 0 Å². The molecule has 0 amide bonds. The number of ether oxygens (including phenoxy) is 1. The lowest BCUT2D eigenvalue weighted by Gasteiger charge is -2.27. The monoisotopic (exact) mass is 227 g/mol. The maximum atomic E-state index is 12.4. The molecule has 1 atom stereocenters. The highest BCUT2D eigenvalue weighted by Gasteiger charge is 2.60. The Bertz CT molecular complexity index is 252. The molecular formula is C8H12F3NO3. The molecule has 0 aromatic carbocycles. The van der Waals surface area contributed by atoms with Crippen molar-refractivity contribution in [2.75, 3.05) is 13.7 Å². The average molecular weight is 227 g/mol. The summed E-state index contributed by atoms with van der Waals surface area (Å²) < 4.78 is 41.2. The van der Waals surface area contributed by atoms with Gasteiger partial charge < -0.3 is 15.2 Å². The molecule has 0 spiro atoms. The van der Waals surface area contributed by atoms with Gasteiger partial charge in [0.15, 0.2) is 0 Å². The summed E-state index contributed by atoms with van der Waals surface area (Å²) in [5.41, 5.74) is -3.45. The molecule has 1 rings (SSSR count). The zero-order valence-corrected chi connectivity index (χ0v) is 8.10. The molecule has 0 aliphatic heterocycles. The first kappa shape index (κ1) is 12.3.